The van der Waals surface area contributed by atoms with Crippen molar-refractivity contribution in [2.45, 2.75) is 32.2 Å². The Balaban J connectivity index is 1.32. The first-order chi connectivity index (χ1) is 13.1. The normalized spacial score (nSPS) is 23.5. The number of aromatic nitrogens is 1. The fraction of sp³-hybridized carbons (Fsp3) is 0.600. The van der Waals surface area contributed by atoms with E-state index in [-0.39, 0.29) is 36.0 Å². The minimum Gasteiger partial charge on any atom is -0.341 e. The van der Waals surface area contributed by atoms with E-state index in [0.717, 1.165) is 31.4 Å². The smallest absolute Gasteiger partial charge is 0.228 e. The van der Waals surface area contributed by atoms with Crippen molar-refractivity contribution in [1.82, 2.24) is 19.7 Å². The van der Waals surface area contributed by atoms with Crippen molar-refractivity contribution in [2.75, 3.05) is 32.7 Å². The second kappa shape index (κ2) is 7.66. The van der Waals surface area contributed by atoms with Gasteiger partial charge in [0.25, 0.3) is 0 Å². The van der Waals surface area contributed by atoms with Crippen molar-refractivity contribution < 1.29 is 14.4 Å². The highest BCUT2D eigenvalue weighted by Crippen LogP contribution is 2.31. The summed E-state index contributed by atoms with van der Waals surface area (Å²) in [5, 5.41) is 0. The molecule has 3 heterocycles. The van der Waals surface area contributed by atoms with Crippen molar-refractivity contribution in [3.05, 3.63) is 30.1 Å². The Hall–Kier alpha value is -2.44. The second-order valence-corrected chi connectivity index (χ2v) is 7.81. The molecule has 0 spiro atoms. The van der Waals surface area contributed by atoms with Crippen LogP contribution >= 0.6 is 0 Å². The minimum absolute atomic E-state index is 0.0329. The predicted octanol–water partition coefficient (Wildman–Crippen LogP) is 0.901. The van der Waals surface area contributed by atoms with Crippen molar-refractivity contribution >= 4 is 17.7 Å². The highest BCUT2D eigenvalue weighted by atomic mass is 16.2. The van der Waals surface area contributed by atoms with Gasteiger partial charge < -0.3 is 14.7 Å². The van der Waals surface area contributed by atoms with E-state index in [0.29, 0.717) is 32.7 Å². The van der Waals surface area contributed by atoms with Crippen LogP contribution in [-0.2, 0) is 20.9 Å². The van der Waals surface area contributed by atoms with Gasteiger partial charge in [-0.1, -0.05) is 0 Å². The third-order valence-corrected chi connectivity index (χ3v) is 5.73. The van der Waals surface area contributed by atoms with Crippen molar-refractivity contribution in [1.29, 1.82) is 0 Å². The Bertz CT molecular complexity index is 719. The lowest BCUT2D eigenvalue weighted by Gasteiger charge is -2.24. The van der Waals surface area contributed by atoms with Crippen LogP contribution in [0.1, 0.15) is 31.2 Å². The van der Waals surface area contributed by atoms with Gasteiger partial charge in [-0.2, -0.15) is 0 Å². The van der Waals surface area contributed by atoms with Crippen LogP contribution in [0.2, 0.25) is 0 Å². The Kier molecular flexibility index (Phi) is 5.09. The van der Waals surface area contributed by atoms with Crippen LogP contribution in [0.5, 0.6) is 0 Å². The average Bonchev–Trinajstić information content (AvgIpc) is 3.49. The molecule has 3 fully saturated rings. The van der Waals surface area contributed by atoms with E-state index in [4.69, 9.17) is 0 Å². The van der Waals surface area contributed by atoms with Crippen molar-refractivity contribution in [3.8, 4) is 0 Å². The molecule has 0 bridgehead atoms. The van der Waals surface area contributed by atoms with Gasteiger partial charge in [-0.05, 0) is 37.0 Å². The highest BCUT2D eigenvalue weighted by Gasteiger charge is 2.38. The van der Waals surface area contributed by atoms with Crippen molar-refractivity contribution in [3.63, 3.8) is 0 Å². The molecule has 0 unspecified atom stereocenters. The molecular formula is C20H26N4O3. The molecule has 7 heteroatoms. The number of amides is 3. The number of hydrogen-bond acceptors (Lipinski definition) is 4. The Morgan fingerprint density at radius 2 is 1.59 bits per heavy atom. The molecule has 144 valence electrons. The maximum absolute atomic E-state index is 13.0. The molecular weight excluding hydrogens is 344 g/mol. The molecule has 0 N–H and O–H groups in total. The molecule has 1 aromatic rings. The monoisotopic (exact) mass is 370 g/mol. The van der Waals surface area contributed by atoms with Gasteiger partial charge in [-0.3, -0.25) is 19.4 Å². The number of nitrogens with zero attached hydrogens (tertiary/aromatic N) is 4. The highest BCUT2D eigenvalue weighted by molar-refractivity contribution is 5.89. The molecule has 0 aromatic carbocycles. The molecule has 4 rings (SSSR count). The number of likely N-dealkylation sites (tertiary alicyclic amines) is 1. The third kappa shape index (κ3) is 4.12. The standard InChI is InChI=1S/C20H26N4O3/c25-18-12-17(14-24(18)13-15-4-6-21-7-5-15)20(27)23-9-1-8-22(10-11-23)19(26)16-2-3-16/h4-7,16-17H,1-3,8-14H2/t17-/m1/s1. The topological polar surface area (TPSA) is 73.8 Å². The quantitative estimate of drug-likeness (QED) is 0.789. The maximum Gasteiger partial charge on any atom is 0.228 e. The first kappa shape index (κ1) is 17.9. The van der Waals surface area contributed by atoms with E-state index < -0.39 is 0 Å². The van der Waals surface area contributed by atoms with Gasteiger partial charge >= 0.3 is 0 Å². The second-order valence-electron chi connectivity index (χ2n) is 7.81. The van der Waals surface area contributed by atoms with Crippen LogP contribution in [0.4, 0.5) is 0 Å². The van der Waals surface area contributed by atoms with Gasteiger partial charge in [0.05, 0.1) is 5.92 Å². The summed E-state index contributed by atoms with van der Waals surface area (Å²) in [6.07, 6.45) is 6.54. The summed E-state index contributed by atoms with van der Waals surface area (Å²) in [5.74, 6) is 0.294. The largest absolute Gasteiger partial charge is 0.341 e. The van der Waals surface area contributed by atoms with Crippen LogP contribution in [0.3, 0.4) is 0 Å². The first-order valence-electron chi connectivity index (χ1n) is 9.86. The summed E-state index contributed by atoms with van der Waals surface area (Å²) in [7, 11) is 0. The van der Waals surface area contributed by atoms with E-state index in [1.165, 1.54) is 0 Å². The minimum atomic E-state index is -0.273. The van der Waals surface area contributed by atoms with E-state index in [1.807, 2.05) is 21.9 Å². The first-order valence-corrected chi connectivity index (χ1v) is 9.86. The maximum atomic E-state index is 13.0. The average molecular weight is 370 g/mol. The van der Waals surface area contributed by atoms with Gasteiger partial charge in [0, 0.05) is 64.0 Å². The van der Waals surface area contributed by atoms with Gasteiger partial charge in [0.2, 0.25) is 17.7 Å². The molecule has 1 atom stereocenters. The fourth-order valence-corrected chi connectivity index (χ4v) is 4.00. The number of rotatable bonds is 4. The van der Waals surface area contributed by atoms with E-state index in [1.54, 1.807) is 17.3 Å². The number of carbonyl (C=O) groups is 3. The molecule has 3 amide bonds. The number of pyridine rings is 1. The molecule has 27 heavy (non-hydrogen) atoms. The van der Waals surface area contributed by atoms with Gasteiger partial charge in [0.1, 0.15) is 0 Å². The molecule has 2 saturated heterocycles. The summed E-state index contributed by atoms with van der Waals surface area (Å²) >= 11 is 0. The lowest BCUT2D eigenvalue weighted by Crippen LogP contribution is -2.41. The van der Waals surface area contributed by atoms with Crippen molar-refractivity contribution in [2.24, 2.45) is 11.8 Å². The number of hydrogen-bond donors (Lipinski definition) is 0. The summed E-state index contributed by atoms with van der Waals surface area (Å²) < 4.78 is 0. The molecule has 7 nitrogen and oxygen atoms in total. The molecule has 3 aliphatic rings. The Labute approximate surface area is 159 Å². The van der Waals surface area contributed by atoms with Gasteiger partial charge in [-0.15, -0.1) is 0 Å². The third-order valence-electron chi connectivity index (χ3n) is 5.73. The zero-order chi connectivity index (χ0) is 18.8. The van der Waals surface area contributed by atoms with Crippen LogP contribution in [0.25, 0.3) is 0 Å². The van der Waals surface area contributed by atoms with Gasteiger partial charge in [0.15, 0.2) is 0 Å². The lowest BCUT2D eigenvalue weighted by atomic mass is 10.1. The Morgan fingerprint density at radius 3 is 2.22 bits per heavy atom. The number of carbonyl (C=O) groups excluding carboxylic acids is 3. The van der Waals surface area contributed by atoms with E-state index in [2.05, 4.69) is 4.98 Å². The van der Waals surface area contributed by atoms with Gasteiger partial charge in [-0.25, -0.2) is 0 Å². The zero-order valence-electron chi connectivity index (χ0n) is 15.5. The van der Waals surface area contributed by atoms with E-state index >= 15 is 0 Å². The predicted molar refractivity (Wildman–Crippen MR) is 98.3 cm³/mol. The Morgan fingerprint density at radius 1 is 0.963 bits per heavy atom. The molecule has 2 aliphatic heterocycles. The molecule has 1 saturated carbocycles. The summed E-state index contributed by atoms with van der Waals surface area (Å²) in [6.45, 7) is 3.59. The van der Waals surface area contributed by atoms with E-state index in [9.17, 15) is 14.4 Å². The fourth-order valence-electron chi connectivity index (χ4n) is 4.00. The van der Waals surface area contributed by atoms with Crippen LogP contribution in [0, 0.1) is 11.8 Å². The van der Waals surface area contributed by atoms with Crippen LogP contribution in [0.15, 0.2) is 24.5 Å². The van der Waals surface area contributed by atoms with Crippen LogP contribution < -0.4 is 0 Å². The molecule has 1 aliphatic carbocycles. The SMILES string of the molecule is O=C1C[C@@H](C(=O)N2CCCN(C(=O)C3CC3)CC2)CN1Cc1ccncc1. The zero-order valence-corrected chi connectivity index (χ0v) is 15.5. The molecule has 1 aromatic heterocycles. The van der Waals surface area contributed by atoms with Crippen LogP contribution in [-0.4, -0.2) is 70.1 Å². The summed E-state index contributed by atoms with van der Waals surface area (Å²) in [5.41, 5.74) is 1.02. The summed E-state index contributed by atoms with van der Waals surface area (Å²) in [4.78, 5) is 47.1. The molecule has 0 radical (unpaired) electrons. The lowest BCUT2D eigenvalue weighted by molar-refractivity contribution is -0.136. The summed E-state index contributed by atoms with van der Waals surface area (Å²) in [6, 6.07) is 3.78.